The Hall–Kier alpha value is -2.65. The molecule has 6 heteroatoms. The van der Waals surface area contributed by atoms with Gasteiger partial charge in [-0.2, -0.15) is 10.4 Å². The number of benzene rings is 1. The van der Waals surface area contributed by atoms with Crippen LogP contribution in [0.25, 0.3) is 5.69 Å². The molecule has 0 aliphatic rings. The third kappa shape index (κ3) is 2.00. The number of carbonyl (C=O) groups is 1. The number of amides is 1. The van der Waals surface area contributed by atoms with Gasteiger partial charge in [0.1, 0.15) is 11.6 Å². The van der Waals surface area contributed by atoms with Crippen molar-refractivity contribution in [2.75, 3.05) is 0 Å². The van der Waals surface area contributed by atoms with Crippen molar-refractivity contribution in [3.8, 4) is 11.8 Å². The van der Waals surface area contributed by atoms with Gasteiger partial charge in [0, 0.05) is 6.20 Å². The van der Waals surface area contributed by atoms with Crippen molar-refractivity contribution in [2.45, 2.75) is 0 Å². The maximum absolute atomic E-state index is 11.4. The van der Waals surface area contributed by atoms with Crippen molar-refractivity contribution in [1.82, 2.24) is 15.2 Å². The molecule has 0 saturated carbocycles. The highest BCUT2D eigenvalue weighted by atomic mass is 16.2. The van der Waals surface area contributed by atoms with E-state index in [9.17, 15) is 4.79 Å². The molecule has 1 aromatic heterocycles. The Balaban J connectivity index is 2.50. The maximum Gasteiger partial charge on any atom is 0.287 e. The quantitative estimate of drug-likeness (QED) is 0.439. The number of hydrogen-bond donors (Lipinski definition) is 2. The predicted molar refractivity (Wildman–Crippen MR) is 59.9 cm³/mol. The van der Waals surface area contributed by atoms with Crippen molar-refractivity contribution >= 4 is 5.91 Å². The summed E-state index contributed by atoms with van der Waals surface area (Å²) in [5, 5.41) is 12.9. The van der Waals surface area contributed by atoms with Crippen LogP contribution in [0.15, 0.2) is 36.5 Å². The van der Waals surface area contributed by atoms with Crippen LogP contribution in [0.3, 0.4) is 0 Å². The lowest BCUT2D eigenvalue weighted by atomic mass is 10.2. The van der Waals surface area contributed by atoms with Crippen molar-refractivity contribution in [3.05, 3.63) is 47.8 Å². The summed E-state index contributed by atoms with van der Waals surface area (Å²) in [6.45, 7) is 0. The summed E-state index contributed by atoms with van der Waals surface area (Å²) < 4.78 is 1.46. The second-order valence-electron chi connectivity index (χ2n) is 3.26. The molecule has 3 N–H and O–H groups in total. The zero-order valence-electron chi connectivity index (χ0n) is 8.79. The van der Waals surface area contributed by atoms with Crippen LogP contribution in [-0.4, -0.2) is 15.7 Å². The van der Waals surface area contributed by atoms with Gasteiger partial charge >= 0.3 is 0 Å². The first kappa shape index (κ1) is 10.9. The normalized spacial score (nSPS) is 9.65. The van der Waals surface area contributed by atoms with Crippen LogP contribution in [-0.2, 0) is 0 Å². The van der Waals surface area contributed by atoms with E-state index in [4.69, 9.17) is 11.1 Å². The Morgan fingerprint density at radius 3 is 2.71 bits per heavy atom. The third-order valence-electron chi connectivity index (χ3n) is 2.20. The molecule has 2 aromatic rings. The van der Waals surface area contributed by atoms with Crippen molar-refractivity contribution in [3.63, 3.8) is 0 Å². The van der Waals surface area contributed by atoms with E-state index in [1.54, 1.807) is 0 Å². The number of nitrogens with two attached hydrogens (primary N) is 1. The second kappa shape index (κ2) is 4.47. The number of hydrogen-bond acceptors (Lipinski definition) is 4. The molecule has 0 saturated heterocycles. The van der Waals surface area contributed by atoms with E-state index in [1.165, 1.54) is 10.9 Å². The van der Waals surface area contributed by atoms with Crippen LogP contribution in [0.1, 0.15) is 16.1 Å². The van der Waals surface area contributed by atoms with Crippen LogP contribution in [0.4, 0.5) is 0 Å². The monoisotopic (exact) mass is 227 g/mol. The molecule has 0 unspecified atom stereocenters. The van der Waals surface area contributed by atoms with Crippen LogP contribution in [0.5, 0.6) is 0 Å². The molecule has 84 valence electrons. The molecule has 0 aliphatic carbocycles. The molecular formula is C11H9N5O. The van der Waals surface area contributed by atoms with E-state index in [0.717, 1.165) is 5.69 Å². The summed E-state index contributed by atoms with van der Waals surface area (Å²) in [5.74, 6) is 4.43. The first-order valence-electron chi connectivity index (χ1n) is 4.82. The Bertz CT molecular complexity index is 582. The zero-order chi connectivity index (χ0) is 12.3. The molecule has 1 amide bonds. The van der Waals surface area contributed by atoms with Crippen molar-refractivity contribution in [2.24, 2.45) is 5.84 Å². The average molecular weight is 227 g/mol. The SMILES string of the molecule is N#Cc1cn(-c2ccccc2)nc1C(=O)NN. The molecule has 0 atom stereocenters. The Kier molecular flexibility index (Phi) is 2.85. The molecule has 1 aromatic carbocycles. The minimum absolute atomic E-state index is 0.0128. The van der Waals surface area contributed by atoms with Gasteiger partial charge in [-0.3, -0.25) is 10.2 Å². The number of nitriles is 1. The molecule has 0 radical (unpaired) electrons. The highest BCUT2D eigenvalue weighted by Crippen LogP contribution is 2.11. The smallest absolute Gasteiger partial charge is 0.287 e. The number of para-hydroxylation sites is 1. The minimum atomic E-state index is -0.587. The number of nitrogens with zero attached hydrogens (tertiary/aromatic N) is 3. The first-order chi connectivity index (χ1) is 8.26. The Labute approximate surface area is 97.2 Å². The number of carbonyl (C=O) groups excluding carboxylic acids is 1. The average Bonchev–Trinajstić information content (AvgIpc) is 2.83. The lowest BCUT2D eigenvalue weighted by molar-refractivity contribution is 0.0948. The van der Waals surface area contributed by atoms with Crippen LogP contribution in [0.2, 0.25) is 0 Å². The van der Waals surface area contributed by atoms with E-state index in [1.807, 2.05) is 41.8 Å². The van der Waals surface area contributed by atoms with Gasteiger partial charge in [0.15, 0.2) is 5.69 Å². The molecular weight excluding hydrogens is 218 g/mol. The van der Waals surface area contributed by atoms with Gasteiger partial charge in [0.2, 0.25) is 0 Å². The predicted octanol–water partition coefficient (Wildman–Crippen LogP) is 0.347. The number of rotatable bonds is 2. The lowest BCUT2D eigenvalue weighted by Gasteiger charge is -1.99. The fourth-order valence-corrected chi connectivity index (χ4v) is 1.40. The highest BCUT2D eigenvalue weighted by Gasteiger charge is 2.16. The van der Waals surface area contributed by atoms with E-state index in [2.05, 4.69) is 5.10 Å². The molecule has 0 spiro atoms. The summed E-state index contributed by atoms with van der Waals surface area (Å²) >= 11 is 0. The topological polar surface area (TPSA) is 96.7 Å². The van der Waals surface area contributed by atoms with Crippen molar-refractivity contribution < 1.29 is 4.79 Å². The van der Waals surface area contributed by atoms with E-state index < -0.39 is 5.91 Å². The van der Waals surface area contributed by atoms with Gasteiger partial charge in [-0.1, -0.05) is 18.2 Å². The number of hydrazine groups is 1. The Morgan fingerprint density at radius 2 is 2.12 bits per heavy atom. The molecule has 6 nitrogen and oxygen atoms in total. The number of aromatic nitrogens is 2. The minimum Gasteiger partial charge on any atom is -0.289 e. The van der Waals surface area contributed by atoms with E-state index in [-0.39, 0.29) is 11.3 Å². The van der Waals surface area contributed by atoms with Gasteiger partial charge in [0.05, 0.1) is 5.69 Å². The summed E-state index contributed by atoms with van der Waals surface area (Å²) in [6, 6.07) is 11.1. The fourth-order valence-electron chi connectivity index (χ4n) is 1.40. The fraction of sp³-hybridized carbons (Fsp3) is 0. The molecule has 1 heterocycles. The molecule has 2 rings (SSSR count). The summed E-state index contributed by atoms with van der Waals surface area (Å²) in [7, 11) is 0. The van der Waals surface area contributed by atoms with E-state index in [0.29, 0.717) is 0 Å². The highest BCUT2D eigenvalue weighted by molar-refractivity contribution is 5.94. The van der Waals surface area contributed by atoms with Gasteiger partial charge in [-0.25, -0.2) is 10.5 Å². The summed E-state index contributed by atoms with van der Waals surface area (Å²) in [6.07, 6.45) is 1.49. The summed E-state index contributed by atoms with van der Waals surface area (Å²) in [5.41, 5.74) is 2.91. The van der Waals surface area contributed by atoms with Gasteiger partial charge in [0.25, 0.3) is 5.91 Å². The largest absolute Gasteiger partial charge is 0.289 e. The Morgan fingerprint density at radius 1 is 1.41 bits per heavy atom. The van der Waals surface area contributed by atoms with Gasteiger partial charge in [-0.05, 0) is 12.1 Å². The first-order valence-corrected chi connectivity index (χ1v) is 4.82. The second-order valence-corrected chi connectivity index (χ2v) is 3.26. The van der Waals surface area contributed by atoms with Gasteiger partial charge < -0.3 is 0 Å². The van der Waals surface area contributed by atoms with Crippen LogP contribution in [0, 0.1) is 11.3 Å². The standard InChI is InChI=1S/C11H9N5O/c12-6-8-7-16(9-4-2-1-3-5-9)15-10(8)11(17)14-13/h1-5,7H,13H2,(H,14,17). The van der Waals surface area contributed by atoms with Crippen LogP contribution < -0.4 is 11.3 Å². The summed E-state index contributed by atoms with van der Waals surface area (Å²) in [4.78, 5) is 11.4. The van der Waals surface area contributed by atoms with Gasteiger partial charge in [-0.15, -0.1) is 0 Å². The molecule has 0 aliphatic heterocycles. The number of nitrogens with one attached hydrogen (secondary N) is 1. The lowest BCUT2D eigenvalue weighted by Crippen LogP contribution is -2.31. The molecule has 0 fully saturated rings. The molecule has 0 bridgehead atoms. The van der Waals surface area contributed by atoms with E-state index >= 15 is 0 Å². The zero-order valence-corrected chi connectivity index (χ0v) is 8.79. The third-order valence-corrected chi connectivity index (χ3v) is 2.20. The molecule has 17 heavy (non-hydrogen) atoms. The maximum atomic E-state index is 11.4. The number of nitrogen functional groups attached to an aromatic ring is 1. The van der Waals surface area contributed by atoms with Crippen LogP contribution >= 0.6 is 0 Å². The van der Waals surface area contributed by atoms with Crippen molar-refractivity contribution in [1.29, 1.82) is 5.26 Å².